The van der Waals surface area contributed by atoms with E-state index in [4.69, 9.17) is 10.7 Å². The molecule has 4 rings (SSSR count). The summed E-state index contributed by atoms with van der Waals surface area (Å²) < 4.78 is 0. The lowest BCUT2D eigenvalue weighted by Crippen LogP contribution is -2.37. The summed E-state index contributed by atoms with van der Waals surface area (Å²) in [5.74, 6) is 1.45. The molecule has 2 aliphatic rings. The number of para-hydroxylation sites is 1. The molecule has 112 valence electrons. The lowest BCUT2D eigenvalue weighted by Gasteiger charge is -2.31. The Morgan fingerprint density at radius 2 is 1.73 bits per heavy atom. The van der Waals surface area contributed by atoms with E-state index >= 15 is 0 Å². The van der Waals surface area contributed by atoms with Gasteiger partial charge >= 0.3 is 0 Å². The fraction of sp³-hybridized carbons (Fsp3) is 0.316. The van der Waals surface area contributed by atoms with Gasteiger partial charge in [0, 0.05) is 11.6 Å². The first-order valence-corrected chi connectivity index (χ1v) is 7.95. The first kappa shape index (κ1) is 13.5. The molecule has 2 atom stereocenters. The number of rotatable bonds is 1. The van der Waals surface area contributed by atoms with Crippen molar-refractivity contribution in [2.45, 2.75) is 32.5 Å². The predicted molar refractivity (Wildman–Crippen MR) is 91.2 cm³/mol. The topological polar surface area (TPSA) is 41.6 Å². The van der Waals surface area contributed by atoms with Crippen LogP contribution in [-0.2, 0) is 6.42 Å². The van der Waals surface area contributed by atoms with Crippen molar-refractivity contribution in [2.24, 2.45) is 16.6 Å². The van der Waals surface area contributed by atoms with Crippen LogP contribution in [0.15, 0.2) is 53.5 Å². The Morgan fingerprint density at radius 1 is 1.05 bits per heavy atom. The number of nitrogens with zero attached hydrogens (tertiary/aromatic N) is 2. The molecule has 2 aromatic rings. The normalized spacial score (nSPS) is 22.7. The molecule has 0 aromatic heterocycles. The standard InChI is InChI=1S/C19H21N3/c1-12(2)19-21-18(20)17-15-9-5-3-7-13(15)11-14-8-4-6-10-16(14)22(17)19/h3-10,12,17-18H,11,20H2,1-2H3. The number of amidine groups is 1. The molecule has 2 heterocycles. The molecular weight excluding hydrogens is 270 g/mol. The molecule has 0 amide bonds. The minimum Gasteiger partial charge on any atom is -0.319 e. The number of hydrogen-bond donors (Lipinski definition) is 1. The van der Waals surface area contributed by atoms with Gasteiger partial charge in [0.15, 0.2) is 0 Å². The smallest absolute Gasteiger partial charge is 0.124 e. The third kappa shape index (κ3) is 1.89. The average Bonchev–Trinajstić information content (AvgIpc) is 2.78. The van der Waals surface area contributed by atoms with Gasteiger partial charge in [-0.15, -0.1) is 0 Å². The second kappa shape index (κ2) is 4.96. The summed E-state index contributed by atoms with van der Waals surface area (Å²) in [5.41, 5.74) is 11.7. The van der Waals surface area contributed by atoms with Crippen LogP contribution in [0.3, 0.4) is 0 Å². The average molecular weight is 291 g/mol. The van der Waals surface area contributed by atoms with Crippen LogP contribution in [0.5, 0.6) is 0 Å². The Bertz CT molecular complexity index is 748. The van der Waals surface area contributed by atoms with Crippen molar-refractivity contribution in [3.63, 3.8) is 0 Å². The third-order valence-corrected chi connectivity index (χ3v) is 4.65. The lowest BCUT2D eigenvalue weighted by atomic mass is 9.96. The molecule has 0 spiro atoms. The Hall–Kier alpha value is -2.13. The summed E-state index contributed by atoms with van der Waals surface area (Å²) in [6.07, 6.45) is 0.752. The van der Waals surface area contributed by atoms with Crippen LogP contribution in [-0.4, -0.2) is 12.0 Å². The summed E-state index contributed by atoms with van der Waals surface area (Å²) in [5, 5.41) is 0. The van der Waals surface area contributed by atoms with E-state index in [2.05, 4.69) is 67.3 Å². The summed E-state index contributed by atoms with van der Waals surface area (Å²) in [4.78, 5) is 7.16. The van der Waals surface area contributed by atoms with E-state index in [1.165, 1.54) is 22.4 Å². The van der Waals surface area contributed by atoms with Gasteiger partial charge in [-0.1, -0.05) is 56.3 Å². The van der Waals surface area contributed by atoms with Crippen molar-refractivity contribution >= 4 is 11.5 Å². The number of benzene rings is 2. The van der Waals surface area contributed by atoms with Gasteiger partial charge in [-0.2, -0.15) is 0 Å². The fourth-order valence-electron chi connectivity index (χ4n) is 3.69. The highest BCUT2D eigenvalue weighted by atomic mass is 15.3. The van der Waals surface area contributed by atoms with Crippen LogP contribution in [0.2, 0.25) is 0 Å². The first-order chi connectivity index (χ1) is 10.7. The molecular formula is C19H21N3. The maximum absolute atomic E-state index is 6.43. The third-order valence-electron chi connectivity index (χ3n) is 4.65. The van der Waals surface area contributed by atoms with Gasteiger partial charge in [-0.05, 0) is 29.2 Å². The molecule has 2 N–H and O–H groups in total. The zero-order valence-electron chi connectivity index (χ0n) is 13.0. The maximum Gasteiger partial charge on any atom is 0.124 e. The Morgan fingerprint density at radius 3 is 2.50 bits per heavy atom. The maximum atomic E-state index is 6.43. The SMILES string of the molecule is CC(C)C1=NC(N)C2c3ccccc3Cc3ccccc3N12. The number of anilines is 1. The van der Waals surface area contributed by atoms with Crippen LogP contribution < -0.4 is 10.6 Å². The van der Waals surface area contributed by atoms with Crippen LogP contribution in [0.4, 0.5) is 5.69 Å². The fourth-order valence-corrected chi connectivity index (χ4v) is 3.69. The predicted octanol–water partition coefficient (Wildman–Crippen LogP) is 3.49. The molecule has 0 saturated carbocycles. The van der Waals surface area contributed by atoms with Gasteiger partial charge in [0.1, 0.15) is 12.0 Å². The minimum absolute atomic E-state index is 0.109. The highest BCUT2D eigenvalue weighted by molar-refractivity contribution is 6.02. The van der Waals surface area contributed by atoms with E-state index in [-0.39, 0.29) is 12.2 Å². The van der Waals surface area contributed by atoms with Gasteiger partial charge in [-0.25, -0.2) is 0 Å². The molecule has 0 fully saturated rings. The Labute approximate surface area is 131 Å². The van der Waals surface area contributed by atoms with Gasteiger partial charge in [-0.3, -0.25) is 4.99 Å². The molecule has 0 bridgehead atoms. The molecule has 0 radical (unpaired) electrons. The van der Waals surface area contributed by atoms with E-state index in [1.807, 2.05) is 0 Å². The lowest BCUT2D eigenvalue weighted by molar-refractivity contribution is 0.601. The van der Waals surface area contributed by atoms with Gasteiger partial charge in [0.25, 0.3) is 0 Å². The molecule has 2 unspecified atom stereocenters. The number of aliphatic imine (C=N–C) groups is 1. The zero-order valence-corrected chi connectivity index (χ0v) is 13.0. The highest BCUT2D eigenvalue weighted by Crippen LogP contribution is 2.42. The molecule has 2 aromatic carbocycles. The van der Waals surface area contributed by atoms with Crippen molar-refractivity contribution in [1.29, 1.82) is 0 Å². The Kier molecular flexibility index (Phi) is 3.05. The van der Waals surface area contributed by atoms with Gasteiger partial charge < -0.3 is 10.6 Å². The van der Waals surface area contributed by atoms with Crippen molar-refractivity contribution in [3.05, 3.63) is 65.2 Å². The van der Waals surface area contributed by atoms with Crippen molar-refractivity contribution in [1.82, 2.24) is 0 Å². The van der Waals surface area contributed by atoms with E-state index in [0.29, 0.717) is 5.92 Å². The highest BCUT2D eigenvalue weighted by Gasteiger charge is 2.40. The molecule has 2 aliphatic heterocycles. The second-order valence-corrected chi connectivity index (χ2v) is 6.45. The van der Waals surface area contributed by atoms with Crippen LogP contribution >= 0.6 is 0 Å². The quantitative estimate of drug-likeness (QED) is 0.874. The first-order valence-electron chi connectivity index (χ1n) is 7.95. The molecule has 3 nitrogen and oxygen atoms in total. The summed E-state index contributed by atoms with van der Waals surface area (Å²) in [6, 6.07) is 17.4. The summed E-state index contributed by atoms with van der Waals surface area (Å²) in [6.45, 7) is 4.38. The number of nitrogens with two attached hydrogens (primary N) is 1. The number of fused-ring (bicyclic) bond motifs is 5. The zero-order chi connectivity index (χ0) is 15.3. The van der Waals surface area contributed by atoms with Crippen LogP contribution in [0.1, 0.15) is 36.6 Å². The van der Waals surface area contributed by atoms with Crippen LogP contribution in [0, 0.1) is 5.92 Å². The Balaban J connectivity index is 1.97. The summed E-state index contributed by atoms with van der Waals surface area (Å²) >= 11 is 0. The van der Waals surface area contributed by atoms with Gasteiger partial charge in [0.2, 0.25) is 0 Å². The summed E-state index contributed by atoms with van der Waals surface area (Å²) in [7, 11) is 0. The van der Waals surface area contributed by atoms with Crippen molar-refractivity contribution in [2.75, 3.05) is 4.90 Å². The molecule has 0 saturated heterocycles. The largest absolute Gasteiger partial charge is 0.319 e. The van der Waals surface area contributed by atoms with Crippen LogP contribution in [0.25, 0.3) is 0 Å². The monoisotopic (exact) mass is 291 g/mol. The van der Waals surface area contributed by atoms with E-state index < -0.39 is 0 Å². The molecule has 22 heavy (non-hydrogen) atoms. The molecule has 0 aliphatic carbocycles. The minimum atomic E-state index is -0.204. The van der Waals surface area contributed by atoms with E-state index in [1.54, 1.807) is 0 Å². The molecule has 3 heteroatoms. The second-order valence-electron chi connectivity index (χ2n) is 6.45. The van der Waals surface area contributed by atoms with Crippen molar-refractivity contribution < 1.29 is 0 Å². The van der Waals surface area contributed by atoms with E-state index in [9.17, 15) is 0 Å². The van der Waals surface area contributed by atoms with Gasteiger partial charge in [0.05, 0.1) is 6.04 Å². The van der Waals surface area contributed by atoms with E-state index in [0.717, 1.165) is 12.3 Å². The van der Waals surface area contributed by atoms with Crippen molar-refractivity contribution in [3.8, 4) is 0 Å². The number of hydrogen-bond acceptors (Lipinski definition) is 3.